The van der Waals surface area contributed by atoms with Crippen LogP contribution in [0.3, 0.4) is 0 Å². The number of hydrogen-bond acceptors (Lipinski definition) is 3. The van der Waals surface area contributed by atoms with Crippen molar-refractivity contribution in [2.24, 2.45) is 5.90 Å². The summed E-state index contributed by atoms with van der Waals surface area (Å²) in [5, 5.41) is 7.96. The van der Waals surface area contributed by atoms with Gasteiger partial charge in [-0.2, -0.15) is 5.10 Å². The highest BCUT2D eigenvalue weighted by atomic mass is 16.6. The lowest BCUT2D eigenvalue weighted by Crippen LogP contribution is -2.03. The molecule has 0 atom stereocenters. The van der Waals surface area contributed by atoms with Gasteiger partial charge in [-0.25, -0.2) is 5.90 Å². The van der Waals surface area contributed by atoms with Gasteiger partial charge in [0.05, 0.1) is 18.3 Å². The van der Waals surface area contributed by atoms with Crippen LogP contribution in [0.5, 0.6) is 0 Å². The van der Waals surface area contributed by atoms with Crippen LogP contribution in [-0.4, -0.2) is 16.8 Å². The summed E-state index contributed by atoms with van der Waals surface area (Å²) in [6, 6.07) is 6.13. The molecule has 0 saturated heterocycles. The van der Waals surface area contributed by atoms with Gasteiger partial charge in [-0.3, -0.25) is 5.10 Å². The number of fused-ring (bicyclic) bond motifs is 1. The van der Waals surface area contributed by atoms with Crippen LogP contribution in [0.2, 0.25) is 0 Å². The second kappa shape index (κ2) is 3.55. The van der Waals surface area contributed by atoms with Crippen LogP contribution in [0.4, 0.5) is 0 Å². The summed E-state index contributed by atoms with van der Waals surface area (Å²) in [5.74, 6) is 4.95. The summed E-state index contributed by atoms with van der Waals surface area (Å²) in [4.78, 5) is 4.52. The number of nitrogens with one attached hydrogen (secondary N) is 1. The Morgan fingerprint density at radius 1 is 1.46 bits per heavy atom. The third kappa shape index (κ3) is 1.68. The minimum absolute atomic E-state index is 0.545. The number of nitrogens with zero attached hydrogens (tertiary/aromatic N) is 1. The Balaban J connectivity index is 2.26. The Bertz CT molecular complexity index is 396. The molecule has 4 nitrogen and oxygen atoms in total. The molecule has 2 rings (SSSR count). The van der Waals surface area contributed by atoms with Crippen molar-refractivity contribution in [1.82, 2.24) is 10.2 Å². The van der Waals surface area contributed by atoms with E-state index in [0.717, 1.165) is 17.3 Å². The van der Waals surface area contributed by atoms with Crippen molar-refractivity contribution in [3.05, 3.63) is 30.0 Å². The number of H-pyrrole nitrogens is 1. The standard InChI is InChI=1S/C9H11N3O/c10-13-4-3-7-1-2-9-8(5-7)6-11-12-9/h1-2,5-6H,3-4,10H2,(H,11,12). The highest BCUT2D eigenvalue weighted by Gasteiger charge is 1.97. The summed E-state index contributed by atoms with van der Waals surface area (Å²) in [7, 11) is 0. The molecule has 0 spiro atoms. The average molecular weight is 177 g/mol. The van der Waals surface area contributed by atoms with Crippen LogP contribution in [-0.2, 0) is 11.3 Å². The van der Waals surface area contributed by atoms with Gasteiger partial charge in [0.15, 0.2) is 0 Å². The maximum Gasteiger partial charge on any atom is 0.0719 e. The van der Waals surface area contributed by atoms with Crippen LogP contribution in [0.1, 0.15) is 5.56 Å². The quantitative estimate of drug-likeness (QED) is 0.687. The average Bonchev–Trinajstić information content (AvgIpc) is 2.61. The lowest BCUT2D eigenvalue weighted by Gasteiger charge is -1.99. The first kappa shape index (κ1) is 8.22. The van der Waals surface area contributed by atoms with Gasteiger partial charge in [0.25, 0.3) is 0 Å². The predicted octanol–water partition coefficient (Wildman–Crippen LogP) is 0.996. The molecule has 0 aliphatic carbocycles. The van der Waals surface area contributed by atoms with E-state index in [2.05, 4.69) is 21.1 Å². The normalized spacial score (nSPS) is 10.8. The van der Waals surface area contributed by atoms with Gasteiger partial charge in [-0.15, -0.1) is 0 Å². The zero-order valence-corrected chi connectivity index (χ0v) is 7.16. The van der Waals surface area contributed by atoms with E-state index < -0.39 is 0 Å². The lowest BCUT2D eigenvalue weighted by molar-refractivity contribution is 0.141. The third-order valence-corrected chi connectivity index (χ3v) is 2.01. The summed E-state index contributed by atoms with van der Waals surface area (Å²) in [5.41, 5.74) is 2.26. The molecule has 2 aromatic rings. The Morgan fingerprint density at radius 2 is 2.38 bits per heavy atom. The van der Waals surface area contributed by atoms with E-state index in [0.29, 0.717) is 6.61 Å². The van der Waals surface area contributed by atoms with Gasteiger partial charge >= 0.3 is 0 Å². The van der Waals surface area contributed by atoms with Gasteiger partial charge in [0.1, 0.15) is 0 Å². The predicted molar refractivity (Wildman–Crippen MR) is 49.9 cm³/mol. The zero-order valence-electron chi connectivity index (χ0n) is 7.16. The third-order valence-electron chi connectivity index (χ3n) is 2.01. The Kier molecular flexibility index (Phi) is 2.25. The van der Waals surface area contributed by atoms with E-state index in [1.54, 1.807) is 0 Å². The molecule has 13 heavy (non-hydrogen) atoms. The van der Waals surface area contributed by atoms with Gasteiger partial charge in [-0.1, -0.05) is 6.07 Å². The smallest absolute Gasteiger partial charge is 0.0719 e. The van der Waals surface area contributed by atoms with Gasteiger partial charge < -0.3 is 4.84 Å². The Morgan fingerprint density at radius 3 is 3.23 bits per heavy atom. The Labute approximate surface area is 75.6 Å². The molecule has 1 heterocycles. The van der Waals surface area contributed by atoms with Gasteiger partial charge in [0.2, 0.25) is 0 Å². The van der Waals surface area contributed by atoms with E-state index in [1.807, 2.05) is 18.3 Å². The fraction of sp³-hybridized carbons (Fsp3) is 0.222. The van der Waals surface area contributed by atoms with Crippen molar-refractivity contribution in [2.45, 2.75) is 6.42 Å². The molecule has 0 radical (unpaired) electrons. The molecule has 0 unspecified atom stereocenters. The van der Waals surface area contributed by atoms with Crippen molar-refractivity contribution in [3.8, 4) is 0 Å². The number of aromatic nitrogens is 2. The molecule has 0 bridgehead atoms. The first-order valence-electron chi connectivity index (χ1n) is 4.14. The van der Waals surface area contributed by atoms with Crippen molar-refractivity contribution >= 4 is 10.9 Å². The van der Waals surface area contributed by atoms with Crippen LogP contribution < -0.4 is 5.90 Å². The Hall–Kier alpha value is -1.39. The van der Waals surface area contributed by atoms with Crippen LogP contribution in [0.15, 0.2) is 24.4 Å². The molecule has 1 aromatic carbocycles. The highest BCUT2D eigenvalue weighted by molar-refractivity contribution is 5.78. The number of hydrogen-bond donors (Lipinski definition) is 2. The van der Waals surface area contributed by atoms with Crippen LogP contribution >= 0.6 is 0 Å². The monoisotopic (exact) mass is 177 g/mol. The maximum absolute atomic E-state index is 4.95. The second-order valence-corrected chi connectivity index (χ2v) is 2.91. The molecule has 0 amide bonds. The lowest BCUT2D eigenvalue weighted by atomic mass is 10.1. The highest BCUT2D eigenvalue weighted by Crippen LogP contribution is 2.12. The van der Waals surface area contributed by atoms with Gasteiger partial charge in [-0.05, 0) is 24.1 Å². The molecule has 1 aromatic heterocycles. The number of aromatic amines is 1. The molecular weight excluding hydrogens is 166 g/mol. The fourth-order valence-electron chi connectivity index (χ4n) is 1.32. The van der Waals surface area contributed by atoms with Crippen LogP contribution in [0.25, 0.3) is 10.9 Å². The fourth-order valence-corrected chi connectivity index (χ4v) is 1.32. The summed E-state index contributed by atoms with van der Waals surface area (Å²) in [6.07, 6.45) is 2.64. The van der Waals surface area contributed by atoms with E-state index in [-0.39, 0.29) is 0 Å². The molecule has 4 heteroatoms. The molecule has 0 aliphatic rings. The van der Waals surface area contributed by atoms with Crippen molar-refractivity contribution in [3.63, 3.8) is 0 Å². The molecule has 68 valence electrons. The second-order valence-electron chi connectivity index (χ2n) is 2.91. The van der Waals surface area contributed by atoms with E-state index in [4.69, 9.17) is 5.90 Å². The van der Waals surface area contributed by atoms with E-state index in [1.165, 1.54) is 5.56 Å². The zero-order chi connectivity index (χ0) is 9.10. The van der Waals surface area contributed by atoms with Gasteiger partial charge in [0, 0.05) is 5.39 Å². The van der Waals surface area contributed by atoms with Crippen molar-refractivity contribution < 1.29 is 4.84 Å². The number of benzene rings is 1. The summed E-state index contributed by atoms with van der Waals surface area (Å²) >= 11 is 0. The van der Waals surface area contributed by atoms with E-state index >= 15 is 0 Å². The molecule has 3 N–H and O–H groups in total. The van der Waals surface area contributed by atoms with Crippen molar-refractivity contribution in [2.75, 3.05) is 6.61 Å². The molecular formula is C9H11N3O. The summed E-state index contributed by atoms with van der Waals surface area (Å²) in [6.45, 7) is 0.545. The minimum Gasteiger partial charge on any atom is -0.304 e. The SMILES string of the molecule is NOCCc1ccc2[nH]ncc2c1. The topological polar surface area (TPSA) is 63.9 Å². The van der Waals surface area contributed by atoms with E-state index in [9.17, 15) is 0 Å². The number of rotatable bonds is 3. The van der Waals surface area contributed by atoms with Crippen molar-refractivity contribution in [1.29, 1.82) is 0 Å². The largest absolute Gasteiger partial charge is 0.304 e. The molecule has 0 saturated carbocycles. The minimum atomic E-state index is 0.545. The maximum atomic E-state index is 4.95. The first-order chi connectivity index (χ1) is 6.40. The van der Waals surface area contributed by atoms with Crippen LogP contribution in [0, 0.1) is 0 Å². The molecule has 0 aliphatic heterocycles. The summed E-state index contributed by atoms with van der Waals surface area (Å²) < 4.78 is 0. The first-order valence-corrected chi connectivity index (χ1v) is 4.14. The number of nitrogens with two attached hydrogens (primary N) is 1. The molecule has 0 fully saturated rings.